The van der Waals surface area contributed by atoms with E-state index in [2.05, 4.69) is 20.9 Å². The van der Waals surface area contributed by atoms with Crippen molar-refractivity contribution >= 4 is 33.3 Å². The Bertz CT molecular complexity index is 616. The Morgan fingerprint density at radius 2 is 2.16 bits per heavy atom. The Hall–Kier alpha value is -1.39. The standard InChI is InChI=1S/C14H11BrClNO2/c1-9(18)10-2-3-14(13(15)6-10)19-8-12-7-11(16)4-5-17-12/h2-7H,8H2,1H3. The van der Waals surface area contributed by atoms with Gasteiger partial charge in [-0.15, -0.1) is 0 Å². The van der Waals surface area contributed by atoms with E-state index < -0.39 is 0 Å². The van der Waals surface area contributed by atoms with Crippen molar-refractivity contribution in [3.8, 4) is 5.75 Å². The van der Waals surface area contributed by atoms with Crippen molar-refractivity contribution in [1.29, 1.82) is 0 Å². The van der Waals surface area contributed by atoms with E-state index in [-0.39, 0.29) is 5.78 Å². The Labute approximate surface area is 124 Å². The number of hydrogen-bond donors (Lipinski definition) is 0. The fourth-order valence-electron chi connectivity index (χ4n) is 1.52. The molecule has 0 amide bonds. The van der Waals surface area contributed by atoms with Crippen molar-refractivity contribution in [2.24, 2.45) is 0 Å². The van der Waals surface area contributed by atoms with Crippen LogP contribution in [0.2, 0.25) is 5.02 Å². The summed E-state index contributed by atoms with van der Waals surface area (Å²) in [4.78, 5) is 15.4. The van der Waals surface area contributed by atoms with Gasteiger partial charge < -0.3 is 4.74 Å². The summed E-state index contributed by atoms with van der Waals surface area (Å²) in [6.07, 6.45) is 1.63. The number of carbonyl (C=O) groups is 1. The van der Waals surface area contributed by atoms with Crippen LogP contribution in [0.5, 0.6) is 5.75 Å². The molecule has 2 aromatic rings. The first kappa shape index (κ1) is 14.0. The summed E-state index contributed by atoms with van der Waals surface area (Å²) < 4.78 is 6.37. The lowest BCUT2D eigenvalue weighted by molar-refractivity contribution is 0.101. The molecule has 5 heteroatoms. The third-order valence-electron chi connectivity index (χ3n) is 2.49. The zero-order valence-corrected chi connectivity index (χ0v) is 12.5. The third kappa shape index (κ3) is 3.78. The second-order valence-electron chi connectivity index (χ2n) is 3.96. The maximum absolute atomic E-state index is 11.2. The number of ketones is 1. The van der Waals surface area contributed by atoms with Crippen LogP contribution in [0.3, 0.4) is 0 Å². The molecule has 3 nitrogen and oxygen atoms in total. The number of ether oxygens (including phenoxy) is 1. The maximum Gasteiger partial charge on any atom is 0.159 e. The second kappa shape index (κ2) is 6.17. The number of carbonyl (C=O) groups excluding carboxylic acids is 1. The highest BCUT2D eigenvalue weighted by Gasteiger charge is 2.06. The maximum atomic E-state index is 11.2. The Kier molecular flexibility index (Phi) is 4.56. The number of aromatic nitrogens is 1. The topological polar surface area (TPSA) is 39.2 Å². The molecule has 0 spiro atoms. The van der Waals surface area contributed by atoms with Gasteiger partial charge in [0.15, 0.2) is 5.78 Å². The molecule has 0 unspecified atom stereocenters. The van der Waals surface area contributed by atoms with E-state index in [1.54, 1.807) is 36.5 Å². The van der Waals surface area contributed by atoms with Crippen LogP contribution in [-0.4, -0.2) is 10.8 Å². The minimum absolute atomic E-state index is 0.0174. The molecule has 0 saturated heterocycles. The molecule has 1 heterocycles. The number of halogens is 2. The van der Waals surface area contributed by atoms with Gasteiger partial charge in [-0.1, -0.05) is 11.6 Å². The summed E-state index contributed by atoms with van der Waals surface area (Å²) in [5.74, 6) is 0.676. The number of Topliss-reactive ketones (excluding diaryl/α,β-unsaturated/α-hetero) is 1. The molecule has 0 aliphatic rings. The molecule has 2 rings (SSSR count). The van der Waals surface area contributed by atoms with Crippen LogP contribution in [-0.2, 0) is 6.61 Å². The van der Waals surface area contributed by atoms with Gasteiger partial charge in [0.1, 0.15) is 12.4 Å². The van der Waals surface area contributed by atoms with Gasteiger partial charge in [0.2, 0.25) is 0 Å². The van der Waals surface area contributed by atoms with Crippen LogP contribution in [0.4, 0.5) is 0 Å². The summed E-state index contributed by atoms with van der Waals surface area (Å²) in [5.41, 5.74) is 1.38. The molecule has 0 aliphatic heterocycles. The van der Waals surface area contributed by atoms with Gasteiger partial charge in [0.05, 0.1) is 10.2 Å². The van der Waals surface area contributed by atoms with E-state index in [0.717, 1.165) is 10.2 Å². The molecule has 19 heavy (non-hydrogen) atoms. The molecule has 0 atom stereocenters. The van der Waals surface area contributed by atoms with Gasteiger partial charge in [-0.25, -0.2) is 0 Å². The summed E-state index contributed by atoms with van der Waals surface area (Å²) >= 11 is 9.25. The summed E-state index contributed by atoms with van der Waals surface area (Å²) in [6, 6.07) is 8.68. The zero-order chi connectivity index (χ0) is 13.8. The average molecular weight is 341 g/mol. The highest BCUT2D eigenvalue weighted by molar-refractivity contribution is 9.10. The predicted octanol–water partition coefficient (Wildman–Crippen LogP) is 4.28. The van der Waals surface area contributed by atoms with E-state index >= 15 is 0 Å². The Balaban J connectivity index is 2.10. The smallest absolute Gasteiger partial charge is 0.159 e. The van der Waals surface area contributed by atoms with Crippen LogP contribution >= 0.6 is 27.5 Å². The van der Waals surface area contributed by atoms with Gasteiger partial charge in [0, 0.05) is 16.8 Å². The van der Waals surface area contributed by atoms with Crippen LogP contribution in [0.1, 0.15) is 23.0 Å². The molecule has 1 aromatic carbocycles. The molecule has 0 fully saturated rings. The van der Waals surface area contributed by atoms with Crippen LogP contribution in [0.15, 0.2) is 41.0 Å². The molecular weight excluding hydrogens is 330 g/mol. The van der Waals surface area contributed by atoms with Gasteiger partial charge in [0.25, 0.3) is 0 Å². The van der Waals surface area contributed by atoms with E-state index in [0.29, 0.717) is 22.9 Å². The molecule has 1 aromatic heterocycles. The van der Waals surface area contributed by atoms with Crippen LogP contribution in [0, 0.1) is 0 Å². The van der Waals surface area contributed by atoms with Gasteiger partial charge >= 0.3 is 0 Å². The summed E-state index contributed by atoms with van der Waals surface area (Å²) in [6.45, 7) is 1.84. The predicted molar refractivity (Wildman–Crippen MR) is 77.7 cm³/mol. The molecule has 0 saturated carbocycles. The highest BCUT2D eigenvalue weighted by atomic mass is 79.9. The van der Waals surface area contributed by atoms with Crippen LogP contribution in [0.25, 0.3) is 0 Å². The Morgan fingerprint density at radius 3 is 2.79 bits per heavy atom. The first-order chi connectivity index (χ1) is 9.06. The minimum Gasteiger partial charge on any atom is -0.486 e. The lowest BCUT2D eigenvalue weighted by Gasteiger charge is -2.08. The highest BCUT2D eigenvalue weighted by Crippen LogP contribution is 2.27. The summed E-state index contributed by atoms with van der Waals surface area (Å²) in [7, 11) is 0. The zero-order valence-electron chi connectivity index (χ0n) is 10.2. The van der Waals surface area contributed by atoms with Gasteiger partial charge in [-0.2, -0.15) is 0 Å². The van der Waals surface area contributed by atoms with Crippen molar-refractivity contribution < 1.29 is 9.53 Å². The molecular formula is C14H11BrClNO2. The minimum atomic E-state index is 0.0174. The van der Waals surface area contributed by atoms with Crippen molar-refractivity contribution in [1.82, 2.24) is 4.98 Å². The van der Waals surface area contributed by atoms with Crippen molar-refractivity contribution in [2.75, 3.05) is 0 Å². The number of benzene rings is 1. The van der Waals surface area contributed by atoms with Gasteiger partial charge in [-0.3, -0.25) is 9.78 Å². The largest absolute Gasteiger partial charge is 0.486 e. The van der Waals surface area contributed by atoms with E-state index in [9.17, 15) is 4.79 Å². The fraction of sp³-hybridized carbons (Fsp3) is 0.143. The summed E-state index contributed by atoms with van der Waals surface area (Å²) in [5, 5.41) is 0.625. The SMILES string of the molecule is CC(=O)c1ccc(OCc2cc(Cl)ccn2)c(Br)c1. The molecule has 0 aliphatic carbocycles. The number of nitrogens with zero attached hydrogens (tertiary/aromatic N) is 1. The first-order valence-electron chi connectivity index (χ1n) is 5.60. The average Bonchev–Trinajstić information content (AvgIpc) is 2.37. The normalized spacial score (nSPS) is 10.3. The van der Waals surface area contributed by atoms with E-state index in [1.807, 2.05) is 0 Å². The molecule has 0 N–H and O–H groups in total. The number of pyridine rings is 1. The van der Waals surface area contributed by atoms with E-state index in [1.165, 1.54) is 6.92 Å². The van der Waals surface area contributed by atoms with E-state index in [4.69, 9.17) is 16.3 Å². The van der Waals surface area contributed by atoms with Crippen LogP contribution < -0.4 is 4.74 Å². The Morgan fingerprint density at radius 1 is 1.37 bits per heavy atom. The van der Waals surface area contributed by atoms with Crippen molar-refractivity contribution in [2.45, 2.75) is 13.5 Å². The van der Waals surface area contributed by atoms with Crippen molar-refractivity contribution in [3.63, 3.8) is 0 Å². The molecule has 98 valence electrons. The van der Waals surface area contributed by atoms with Crippen molar-refractivity contribution in [3.05, 3.63) is 57.3 Å². The van der Waals surface area contributed by atoms with Gasteiger partial charge in [-0.05, 0) is 53.2 Å². The third-order valence-corrected chi connectivity index (χ3v) is 3.35. The quantitative estimate of drug-likeness (QED) is 0.780. The second-order valence-corrected chi connectivity index (χ2v) is 5.25. The molecule has 0 radical (unpaired) electrons. The number of rotatable bonds is 4. The lowest BCUT2D eigenvalue weighted by atomic mass is 10.1. The molecule has 0 bridgehead atoms. The lowest BCUT2D eigenvalue weighted by Crippen LogP contribution is -1.99. The fourth-order valence-corrected chi connectivity index (χ4v) is 2.19. The first-order valence-corrected chi connectivity index (χ1v) is 6.77. The number of hydrogen-bond acceptors (Lipinski definition) is 3. The monoisotopic (exact) mass is 339 g/mol.